The van der Waals surface area contributed by atoms with Crippen LogP contribution in [0.2, 0.25) is 0 Å². The first-order valence-electron chi connectivity index (χ1n) is 6.96. The molecule has 0 aromatic carbocycles. The topological polar surface area (TPSA) is 75.3 Å². The van der Waals surface area contributed by atoms with Crippen molar-refractivity contribution >= 4 is 23.6 Å². The van der Waals surface area contributed by atoms with Crippen LogP contribution in [-0.4, -0.2) is 40.8 Å². The molecule has 1 aliphatic heterocycles. The first-order chi connectivity index (χ1) is 10.4. The van der Waals surface area contributed by atoms with Crippen LogP contribution in [0.5, 0.6) is 0 Å². The number of amides is 1. The van der Waals surface area contributed by atoms with Gasteiger partial charge in [-0.1, -0.05) is 0 Å². The summed E-state index contributed by atoms with van der Waals surface area (Å²) in [5, 5.41) is 8.54. The Bertz CT molecular complexity index is 660. The molecule has 1 aromatic heterocycles. The molecule has 0 aliphatic carbocycles. The van der Waals surface area contributed by atoms with E-state index in [1.165, 1.54) is 18.9 Å². The zero-order chi connectivity index (χ0) is 16.4. The third kappa shape index (κ3) is 2.59. The van der Waals surface area contributed by atoms with Crippen molar-refractivity contribution in [3.8, 4) is 6.07 Å². The van der Waals surface area contributed by atoms with Gasteiger partial charge in [0.05, 0.1) is 30.9 Å². The van der Waals surface area contributed by atoms with Crippen molar-refractivity contribution < 1.29 is 14.3 Å². The minimum Gasteiger partial charge on any atom is -0.465 e. The van der Waals surface area contributed by atoms with Crippen molar-refractivity contribution in [3.05, 3.63) is 22.5 Å². The number of hydrogen-bond donors (Lipinski definition) is 0. The molecule has 1 aliphatic rings. The third-order valence-electron chi connectivity index (χ3n) is 4.10. The number of aromatic nitrogens is 1. The van der Waals surface area contributed by atoms with Crippen molar-refractivity contribution in [2.45, 2.75) is 25.6 Å². The van der Waals surface area contributed by atoms with E-state index in [0.29, 0.717) is 17.9 Å². The predicted octanol–water partition coefficient (Wildman–Crippen LogP) is 1.92. The molecule has 6 nitrogen and oxygen atoms in total. The van der Waals surface area contributed by atoms with E-state index in [1.54, 1.807) is 4.90 Å². The van der Waals surface area contributed by atoms with Gasteiger partial charge < -0.3 is 14.2 Å². The van der Waals surface area contributed by atoms with Gasteiger partial charge in [0.1, 0.15) is 5.37 Å². The Kier molecular flexibility index (Phi) is 4.81. The van der Waals surface area contributed by atoms with E-state index in [2.05, 4.69) is 6.07 Å². The molecule has 1 saturated heterocycles. The van der Waals surface area contributed by atoms with E-state index in [0.717, 1.165) is 17.0 Å². The van der Waals surface area contributed by atoms with Crippen molar-refractivity contribution in [3.63, 3.8) is 0 Å². The largest absolute Gasteiger partial charge is 0.465 e. The fourth-order valence-corrected chi connectivity index (χ4v) is 4.07. The number of nitriles is 1. The van der Waals surface area contributed by atoms with Gasteiger partial charge >= 0.3 is 5.97 Å². The average Bonchev–Trinajstić information content (AvgIpc) is 2.97. The van der Waals surface area contributed by atoms with Crippen molar-refractivity contribution in [1.29, 1.82) is 5.26 Å². The van der Waals surface area contributed by atoms with Gasteiger partial charge in [0.2, 0.25) is 5.91 Å². The maximum atomic E-state index is 12.2. The lowest BCUT2D eigenvalue weighted by atomic mass is 10.1. The molecule has 0 radical (unpaired) electrons. The summed E-state index contributed by atoms with van der Waals surface area (Å²) >= 11 is 1.49. The molecular formula is C15H19N3O3S. The monoisotopic (exact) mass is 321 g/mol. The summed E-state index contributed by atoms with van der Waals surface area (Å²) in [5.74, 6) is -0.0252. The quantitative estimate of drug-likeness (QED) is 0.792. The Hall–Kier alpha value is -1.94. The lowest BCUT2D eigenvalue weighted by molar-refractivity contribution is -0.128. The van der Waals surface area contributed by atoms with Gasteiger partial charge in [-0.3, -0.25) is 4.79 Å². The molecule has 7 heteroatoms. The standard InChI is InChI=1S/C15H19N3O3S/c1-9-12(13(15(20)21-4)10(2)17(9)3)14-18(7-5-6-16)11(19)8-22-14/h14H,5,7-8H2,1-4H3. The molecule has 118 valence electrons. The molecule has 0 spiro atoms. The molecule has 0 bridgehead atoms. The highest BCUT2D eigenvalue weighted by atomic mass is 32.2. The van der Waals surface area contributed by atoms with Crippen molar-refractivity contribution in [2.75, 3.05) is 19.4 Å². The predicted molar refractivity (Wildman–Crippen MR) is 83.4 cm³/mol. The molecule has 1 atom stereocenters. The van der Waals surface area contributed by atoms with Crippen LogP contribution in [0.25, 0.3) is 0 Å². The summed E-state index contributed by atoms with van der Waals surface area (Å²) in [5.41, 5.74) is 3.10. The van der Waals surface area contributed by atoms with E-state index in [-0.39, 0.29) is 17.7 Å². The first kappa shape index (κ1) is 16.4. The van der Waals surface area contributed by atoms with Crippen molar-refractivity contribution in [2.24, 2.45) is 7.05 Å². The van der Waals surface area contributed by atoms with Gasteiger partial charge in [-0.15, -0.1) is 11.8 Å². The van der Waals surface area contributed by atoms with Crippen LogP contribution in [0.3, 0.4) is 0 Å². The molecule has 1 unspecified atom stereocenters. The number of methoxy groups -OCH3 is 1. The van der Waals surface area contributed by atoms with E-state index in [9.17, 15) is 9.59 Å². The fraction of sp³-hybridized carbons (Fsp3) is 0.533. The number of carbonyl (C=O) groups excluding carboxylic acids is 2. The molecule has 1 fully saturated rings. The SMILES string of the molecule is COC(=O)c1c(C2SCC(=O)N2CCC#N)c(C)n(C)c1C. The maximum Gasteiger partial charge on any atom is 0.340 e. The second kappa shape index (κ2) is 6.44. The molecular weight excluding hydrogens is 302 g/mol. The summed E-state index contributed by atoms with van der Waals surface area (Å²) in [4.78, 5) is 26.0. The number of thioether (sulfide) groups is 1. The number of ether oxygens (including phenoxy) is 1. The van der Waals surface area contributed by atoms with Crippen LogP contribution < -0.4 is 0 Å². The normalized spacial score (nSPS) is 17.7. The van der Waals surface area contributed by atoms with Crippen LogP contribution in [0.4, 0.5) is 0 Å². The van der Waals surface area contributed by atoms with Crippen LogP contribution in [0.15, 0.2) is 0 Å². The fourth-order valence-electron chi connectivity index (χ4n) is 2.74. The van der Waals surface area contributed by atoms with E-state index in [1.807, 2.05) is 25.5 Å². The van der Waals surface area contributed by atoms with Crippen LogP contribution >= 0.6 is 11.8 Å². The molecule has 0 saturated carbocycles. The summed E-state index contributed by atoms with van der Waals surface area (Å²) in [6, 6.07) is 2.07. The number of rotatable bonds is 4. The van der Waals surface area contributed by atoms with Crippen LogP contribution in [0, 0.1) is 25.2 Å². The number of carbonyl (C=O) groups is 2. The van der Waals surface area contributed by atoms with E-state index in [4.69, 9.17) is 10.00 Å². The zero-order valence-electron chi connectivity index (χ0n) is 13.2. The summed E-state index contributed by atoms with van der Waals surface area (Å²) in [6.45, 7) is 4.17. The lowest BCUT2D eigenvalue weighted by Crippen LogP contribution is -2.30. The second-order valence-corrected chi connectivity index (χ2v) is 6.24. The molecule has 2 rings (SSSR count). The number of hydrogen-bond acceptors (Lipinski definition) is 5. The van der Waals surface area contributed by atoms with E-state index >= 15 is 0 Å². The van der Waals surface area contributed by atoms with Crippen LogP contribution in [-0.2, 0) is 16.6 Å². The first-order valence-corrected chi connectivity index (χ1v) is 8.01. The summed E-state index contributed by atoms with van der Waals surface area (Å²) in [6.07, 6.45) is 0.279. The zero-order valence-corrected chi connectivity index (χ0v) is 14.0. The molecule has 0 N–H and O–H groups in total. The molecule has 1 aromatic rings. The third-order valence-corrected chi connectivity index (χ3v) is 5.32. The molecule has 2 heterocycles. The average molecular weight is 321 g/mol. The Balaban J connectivity index is 2.51. The van der Waals surface area contributed by atoms with E-state index < -0.39 is 5.97 Å². The highest BCUT2D eigenvalue weighted by Gasteiger charge is 2.38. The van der Waals surface area contributed by atoms with Crippen molar-refractivity contribution in [1.82, 2.24) is 9.47 Å². The number of nitrogens with zero attached hydrogens (tertiary/aromatic N) is 3. The Morgan fingerprint density at radius 2 is 2.14 bits per heavy atom. The Morgan fingerprint density at radius 3 is 2.73 bits per heavy atom. The van der Waals surface area contributed by atoms with Gasteiger partial charge in [0, 0.05) is 30.5 Å². The maximum absolute atomic E-state index is 12.2. The van der Waals surface area contributed by atoms with Gasteiger partial charge in [-0.25, -0.2) is 4.79 Å². The van der Waals surface area contributed by atoms with Crippen LogP contribution in [0.1, 0.15) is 39.1 Å². The Labute approximate surface area is 134 Å². The van der Waals surface area contributed by atoms with Gasteiger partial charge in [0.15, 0.2) is 0 Å². The molecule has 22 heavy (non-hydrogen) atoms. The minimum absolute atomic E-state index is 0.00183. The second-order valence-electron chi connectivity index (χ2n) is 5.17. The summed E-state index contributed by atoms with van der Waals surface area (Å²) in [7, 11) is 3.25. The Morgan fingerprint density at radius 1 is 1.45 bits per heavy atom. The number of esters is 1. The highest BCUT2D eigenvalue weighted by molar-refractivity contribution is 8.00. The van der Waals surface area contributed by atoms with Gasteiger partial charge in [0.25, 0.3) is 0 Å². The minimum atomic E-state index is -0.392. The summed E-state index contributed by atoms with van der Waals surface area (Å²) < 4.78 is 6.85. The smallest absolute Gasteiger partial charge is 0.340 e. The molecule has 1 amide bonds. The van der Waals surface area contributed by atoms with Gasteiger partial charge in [-0.2, -0.15) is 5.26 Å². The van der Waals surface area contributed by atoms with Gasteiger partial charge in [-0.05, 0) is 13.8 Å². The lowest BCUT2D eigenvalue weighted by Gasteiger charge is -2.24. The highest BCUT2D eigenvalue weighted by Crippen LogP contribution is 2.43.